The average Bonchev–Trinajstić information content (AvgIpc) is 2.84. The molecular weight excluding hydrogens is 256 g/mol. The number of piperidine rings is 1. The molecule has 2 aliphatic rings. The van der Waals surface area contributed by atoms with Crippen molar-refractivity contribution in [2.75, 3.05) is 32.1 Å². The zero-order valence-electron chi connectivity index (χ0n) is 11.9. The summed E-state index contributed by atoms with van der Waals surface area (Å²) in [5.74, 6) is 0. The van der Waals surface area contributed by atoms with Crippen molar-refractivity contribution in [3.05, 3.63) is 10.6 Å². The molecule has 0 spiro atoms. The fourth-order valence-corrected chi connectivity index (χ4v) is 4.35. The Balaban J connectivity index is 1.70. The van der Waals surface area contributed by atoms with E-state index in [1.165, 1.54) is 35.0 Å². The molecule has 1 aliphatic carbocycles. The van der Waals surface area contributed by atoms with Gasteiger partial charge in [-0.05, 0) is 46.2 Å². The van der Waals surface area contributed by atoms with E-state index in [9.17, 15) is 0 Å². The third-order valence-electron chi connectivity index (χ3n) is 4.45. The summed E-state index contributed by atoms with van der Waals surface area (Å²) in [6, 6.07) is 0.961. The van der Waals surface area contributed by atoms with E-state index in [0.29, 0.717) is 0 Å². The molecule has 1 aliphatic heterocycles. The number of fused-ring (bicyclic) bond motifs is 1. The first-order valence-corrected chi connectivity index (χ1v) is 8.13. The summed E-state index contributed by atoms with van der Waals surface area (Å²) < 4.78 is 0. The fraction of sp³-hybridized carbons (Fsp3) is 0.786. The summed E-state index contributed by atoms with van der Waals surface area (Å²) in [5, 5.41) is 1.21. The Morgan fingerprint density at radius 2 is 2.00 bits per heavy atom. The van der Waals surface area contributed by atoms with Gasteiger partial charge in [-0.1, -0.05) is 11.3 Å². The maximum Gasteiger partial charge on any atom is 0.185 e. The lowest BCUT2D eigenvalue weighted by atomic mass is 9.99. The van der Waals surface area contributed by atoms with Crippen LogP contribution in [0.3, 0.4) is 0 Å². The van der Waals surface area contributed by atoms with Crippen molar-refractivity contribution in [2.45, 2.75) is 44.2 Å². The second kappa shape index (κ2) is 5.38. The molecule has 106 valence electrons. The van der Waals surface area contributed by atoms with E-state index in [4.69, 9.17) is 10.7 Å². The van der Waals surface area contributed by atoms with Crippen molar-refractivity contribution in [1.82, 2.24) is 9.88 Å². The molecule has 19 heavy (non-hydrogen) atoms. The van der Waals surface area contributed by atoms with Gasteiger partial charge >= 0.3 is 0 Å². The van der Waals surface area contributed by atoms with Crippen molar-refractivity contribution in [1.29, 1.82) is 0 Å². The number of aryl methyl sites for hydroxylation is 1. The van der Waals surface area contributed by atoms with E-state index >= 15 is 0 Å². The summed E-state index contributed by atoms with van der Waals surface area (Å²) >= 11 is 1.84. The standard InChI is InChI=1S/C14H24N4S/c1-17(2)10-6-8-18(9-7-10)14-16-12-5-3-4-11(15)13(12)19-14/h10-11H,3-9,15H2,1-2H3. The highest BCUT2D eigenvalue weighted by molar-refractivity contribution is 7.15. The van der Waals surface area contributed by atoms with Crippen molar-refractivity contribution >= 4 is 16.5 Å². The summed E-state index contributed by atoms with van der Waals surface area (Å²) in [5.41, 5.74) is 7.47. The topological polar surface area (TPSA) is 45.4 Å². The Morgan fingerprint density at radius 1 is 1.26 bits per heavy atom. The van der Waals surface area contributed by atoms with Crippen LogP contribution in [0, 0.1) is 0 Å². The zero-order chi connectivity index (χ0) is 13.4. The smallest absolute Gasteiger partial charge is 0.185 e. The molecule has 1 aromatic heterocycles. The first-order valence-electron chi connectivity index (χ1n) is 7.31. The number of hydrogen-bond acceptors (Lipinski definition) is 5. The predicted molar refractivity (Wildman–Crippen MR) is 80.9 cm³/mol. The number of nitrogens with zero attached hydrogens (tertiary/aromatic N) is 3. The quantitative estimate of drug-likeness (QED) is 0.900. The first kappa shape index (κ1) is 13.3. The highest BCUT2D eigenvalue weighted by Gasteiger charge is 2.26. The molecule has 0 aromatic carbocycles. The minimum absolute atomic E-state index is 0.231. The summed E-state index contributed by atoms with van der Waals surface area (Å²) in [6.07, 6.45) is 5.91. The van der Waals surface area contributed by atoms with Crippen molar-refractivity contribution in [3.8, 4) is 0 Å². The lowest BCUT2D eigenvalue weighted by Gasteiger charge is -2.35. The molecule has 1 aromatic rings. The van der Waals surface area contributed by atoms with Gasteiger partial charge in [-0.25, -0.2) is 4.98 Å². The van der Waals surface area contributed by atoms with Gasteiger partial charge in [0, 0.05) is 30.1 Å². The molecule has 0 saturated carbocycles. The fourth-order valence-electron chi connectivity index (χ4n) is 3.15. The van der Waals surface area contributed by atoms with Crippen LogP contribution < -0.4 is 10.6 Å². The van der Waals surface area contributed by atoms with Crippen LogP contribution in [0.15, 0.2) is 0 Å². The molecule has 5 heteroatoms. The molecule has 4 nitrogen and oxygen atoms in total. The molecule has 1 saturated heterocycles. The van der Waals surface area contributed by atoms with Gasteiger partial charge in [-0.3, -0.25) is 0 Å². The molecule has 1 atom stereocenters. The van der Waals surface area contributed by atoms with Crippen LogP contribution in [-0.4, -0.2) is 43.1 Å². The van der Waals surface area contributed by atoms with Crippen LogP contribution in [0.25, 0.3) is 0 Å². The minimum Gasteiger partial charge on any atom is -0.348 e. The molecule has 1 fully saturated rings. The average molecular weight is 280 g/mol. The van der Waals surface area contributed by atoms with E-state index in [2.05, 4.69) is 23.9 Å². The SMILES string of the molecule is CN(C)C1CCN(c2nc3c(s2)C(N)CCC3)CC1. The summed E-state index contributed by atoms with van der Waals surface area (Å²) in [6.45, 7) is 2.26. The Morgan fingerprint density at radius 3 is 2.63 bits per heavy atom. The van der Waals surface area contributed by atoms with Gasteiger partial charge in [-0.15, -0.1) is 0 Å². The summed E-state index contributed by atoms with van der Waals surface area (Å²) in [7, 11) is 4.36. The number of anilines is 1. The second-order valence-electron chi connectivity index (χ2n) is 5.99. The van der Waals surface area contributed by atoms with Gasteiger partial charge in [0.2, 0.25) is 0 Å². The largest absolute Gasteiger partial charge is 0.348 e. The molecule has 2 N–H and O–H groups in total. The zero-order valence-corrected chi connectivity index (χ0v) is 12.7. The van der Waals surface area contributed by atoms with Crippen LogP contribution in [0.4, 0.5) is 5.13 Å². The van der Waals surface area contributed by atoms with E-state index < -0.39 is 0 Å². The van der Waals surface area contributed by atoms with E-state index in [-0.39, 0.29) is 6.04 Å². The lowest BCUT2D eigenvalue weighted by Crippen LogP contribution is -2.41. The summed E-state index contributed by atoms with van der Waals surface area (Å²) in [4.78, 5) is 11.0. The number of aromatic nitrogens is 1. The Labute approximate surface area is 119 Å². The first-order chi connectivity index (χ1) is 9.15. The third kappa shape index (κ3) is 2.64. The van der Waals surface area contributed by atoms with E-state index in [0.717, 1.165) is 32.0 Å². The van der Waals surface area contributed by atoms with Gasteiger partial charge in [0.05, 0.1) is 5.69 Å². The molecule has 3 rings (SSSR count). The van der Waals surface area contributed by atoms with Gasteiger partial charge < -0.3 is 15.5 Å². The molecule has 2 heterocycles. The minimum atomic E-state index is 0.231. The molecule has 1 unspecified atom stereocenters. The van der Waals surface area contributed by atoms with Gasteiger partial charge in [-0.2, -0.15) is 0 Å². The van der Waals surface area contributed by atoms with E-state index in [1.54, 1.807) is 0 Å². The van der Waals surface area contributed by atoms with E-state index in [1.807, 2.05) is 11.3 Å². The van der Waals surface area contributed by atoms with Crippen LogP contribution >= 0.6 is 11.3 Å². The van der Waals surface area contributed by atoms with Crippen molar-refractivity contribution < 1.29 is 0 Å². The lowest BCUT2D eigenvalue weighted by molar-refractivity contribution is 0.249. The Kier molecular flexibility index (Phi) is 3.78. The van der Waals surface area contributed by atoms with Crippen molar-refractivity contribution in [2.24, 2.45) is 5.73 Å². The van der Waals surface area contributed by atoms with Gasteiger partial charge in [0.25, 0.3) is 0 Å². The maximum absolute atomic E-state index is 6.20. The van der Waals surface area contributed by atoms with Gasteiger partial charge in [0.1, 0.15) is 0 Å². The number of nitrogens with two attached hydrogens (primary N) is 1. The molecule has 0 bridgehead atoms. The molecule has 0 radical (unpaired) electrons. The van der Waals surface area contributed by atoms with Crippen LogP contribution in [0.5, 0.6) is 0 Å². The predicted octanol–water partition coefficient (Wildman–Crippen LogP) is 2.01. The van der Waals surface area contributed by atoms with Crippen molar-refractivity contribution in [3.63, 3.8) is 0 Å². The molecular formula is C14H24N4S. The molecule has 0 amide bonds. The highest BCUT2D eigenvalue weighted by Crippen LogP contribution is 2.37. The number of hydrogen-bond donors (Lipinski definition) is 1. The van der Waals surface area contributed by atoms with Crippen LogP contribution in [0.1, 0.15) is 42.3 Å². The highest BCUT2D eigenvalue weighted by atomic mass is 32.1. The number of thiazole rings is 1. The third-order valence-corrected chi connectivity index (χ3v) is 5.74. The normalized spacial score (nSPS) is 24.8. The monoisotopic (exact) mass is 280 g/mol. The Bertz CT molecular complexity index is 435. The van der Waals surface area contributed by atoms with Crippen LogP contribution in [-0.2, 0) is 6.42 Å². The second-order valence-corrected chi connectivity index (χ2v) is 7.00. The number of rotatable bonds is 2. The van der Waals surface area contributed by atoms with Gasteiger partial charge in [0.15, 0.2) is 5.13 Å². The maximum atomic E-state index is 6.20. The van der Waals surface area contributed by atoms with Crippen LogP contribution in [0.2, 0.25) is 0 Å². The Hall–Kier alpha value is -0.650.